The minimum atomic E-state index is -2.99. The molecule has 0 saturated heterocycles. The van der Waals surface area contributed by atoms with E-state index in [4.69, 9.17) is 4.74 Å². The minimum absolute atomic E-state index is 0.0650. The van der Waals surface area contributed by atoms with Gasteiger partial charge in [0.05, 0.1) is 5.75 Å². The van der Waals surface area contributed by atoms with Gasteiger partial charge in [0.2, 0.25) is 0 Å². The van der Waals surface area contributed by atoms with Crippen molar-refractivity contribution >= 4 is 21.5 Å². The van der Waals surface area contributed by atoms with Crippen LogP contribution in [0.1, 0.15) is 26.1 Å². The van der Waals surface area contributed by atoms with Crippen LogP contribution in [0.3, 0.4) is 0 Å². The normalized spacial score (nSPS) is 11.4. The summed E-state index contributed by atoms with van der Waals surface area (Å²) in [5.74, 6) is 1.94. The summed E-state index contributed by atoms with van der Waals surface area (Å²) in [5.41, 5.74) is 0. The van der Waals surface area contributed by atoms with Gasteiger partial charge < -0.3 is 15.4 Å². The van der Waals surface area contributed by atoms with Crippen LogP contribution in [-0.4, -0.2) is 50.1 Å². The number of nitrogens with one attached hydrogen (secondary N) is 2. The molecule has 0 amide bonds. The molecule has 1 heterocycles. The fourth-order valence-electron chi connectivity index (χ4n) is 1.55. The van der Waals surface area contributed by atoms with Crippen molar-refractivity contribution in [2.45, 2.75) is 26.9 Å². The first-order chi connectivity index (χ1) is 9.94. The third kappa shape index (κ3) is 7.81. The number of anilines is 2. The van der Waals surface area contributed by atoms with Gasteiger partial charge in [-0.15, -0.1) is 0 Å². The molecule has 7 nitrogen and oxygen atoms in total. The van der Waals surface area contributed by atoms with Crippen molar-refractivity contribution in [1.29, 1.82) is 0 Å². The van der Waals surface area contributed by atoms with E-state index in [0.717, 1.165) is 13.0 Å². The highest BCUT2D eigenvalue weighted by Gasteiger charge is 2.06. The number of nitrogens with zero attached hydrogens (tertiary/aromatic N) is 2. The van der Waals surface area contributed by atoms with Gasteiger partial charge in [0, 0.05) is 32.0 Å². The number of ether oxygens (including phenoxy) is 1. The molecule has 0 aliphatic carbocycles. The molecule has 0 bridgehead atoms. The van der Waals surface area contributed by atoms with Gasteiger partial charge in [-0.3, -0.25) is 0 Å². The number of sulfone groups is 1. The molecule has 2 N–H and O–H groups in total. The molecule has 0 spiro atoms. The van der Waals surface area contributed by atoms with E-state index < -0.39 is 9.84 Å². The lowest BCUT2D eigenvalue weighted by Crippen LogP contribution is -2.16. The second-order valence-corrected chi connectivity index (χ2v) is 6.93. The van der Waals surface area contributed by atoms with E-state index in [1.165, 1.54) is 6.26 Å². The molecule has 0 radical (unpaired) electrons. The standard InChI is InChI=1S/C13H24N4O3S/c1-4-6-14-11-9-12(15-7-8-21(3,18)19)17-13(16-11)10-20-5-2/h9H,4-8,10H2,1-3H3,(H2,14,15,16,17). The summed E-state index contributed by atoms with van der Waals surface area (Å²) in [6.07, 6.45) is 2.20. The fourth-order valence-corrected chi connectivity index (χ4v) is 2.03. The maximum absolute atomic E-state index is 11.1. The minimum Gasteiger partial charge on any atom is -0.374 e. The summed E-state index contributed by atoms with van der Waals surface area (Å²) >= 11 is 0. The van der Waals surface area contributed by atoms with E-state index in [1.54, 1.807) is 6.07 Å². The van der Waals surface area contributed by atoms with Crippen molar-refractivity contribution in [1.82, 2.24) is 9.97 Å². The predicted octanol–water partition coefficient (Wildman–Crippen LogP) is 1.29. The molecule has 0 atom stereocenters. The summed E-state index contributed by atoms with van der Waals surface area (Å²) in [4.78, 5) is 8.68. The van der Waals surface area contributed by atoms with Crippen LogP contribution < -0.4 is 10.6 Å². The van der Waals surface area contributed by atoms with E-state index in [1.807, 2.05) is 6.92 Å². The predicted molar refractivity (Wildman–Crippen MR) is 84.3 cm³/mol. The van der Waals surface area contributed by atoms with Gasteiger partial charge in [-0.1, -0.05) is 6.92 Å². The Hall–Kier alpha value is -1.41. The molecule has 8 heteroatoms. The molecule has 0 fully saturated rings. The largest absolute Gasteiger partial charge is 0.374 e. The van der Waals surface area contributed by atoms with Crippen molar-refractivity contribution in [3.8, 4) is 0 Å². The highest BCUT2D eigenvalue weighted by Crippen LogP contribution is 2.12. The molecule has 1 aromatic heterocycles. The molecule has 1 rings (SSSR count). The second-order valence-electron chi connectivity index (χ2n) is 4.68. The zero-order valence-corrected chi connectivity index (χ0v) is 13.7. The molecule has 0 unspecified atom stereocenters. The summed E-state index contributed by atoms with van der Waals surface area (Å²) in [5, 5.41) is 6.20. The molecule has 1 aromatic rings. The first-order valence-corrected chi connectivity index (χ1v) is 9.11. The average molecular weight is 316 g/mol. The van der Waals surface area contributed by atoms with Crippen LogP contribution in [0.25, 0.3) is 0 Å². The van der Waals surface area contributed by atoms with Crippen LogP contribution in [0.4, 0.5) is 11.6 Å². The third-order valence-corrected chi connectivity index (χ3v) is 3.49. The Balaban J connectivity index is 2.74. The third-order valence-electron chi connectivity index (χ3n) is 2.54. The Morgan fingerprint density at radius 2 is 1.76 bits per heavy atom. The number of rotatable bonds is 10. The van der Waals surface area contributed by atoms with Crippen molar-refractivity contribution < 1.29 is 13.2 Å². The smallest absolute Gasteiger partial charge is 0.158 e. The topological polar surface area (TPSA) is 93.2 Å². The lowest BCUT2D eigenvalue weighted by molar-refractivity contribution is 0.128. The summed E-state index contributed by atoms with van der Waals surface area (Å²) in [6, 6.07) is 1.77. The van der Waals surface area contributed by atoms with E-state index in [-0.39, 0.29) is 5.75 Å². The van der Waals surface area contributed by atoms with Crippen LogP contribution in [0.5, 0.6) is 0 Å². The summed E-state index contributed by atoms with van der Waals surface area (Å²) in [6.45, 7) is 6.03. The van der Waals surface area contributed by atoms with E-state index in [2.05, 4.69) is 27.5 Å². The maximum Gasteiger partial charge on any atom is 0.158 e. The van der Waals surface area contributed by atoms with Crippen LogP contribution in [0, 0.1) is 0 Å². The van der Waals surface area contributed by atoms with E-state index in [9.17, 15) is 8.42 Å². The molecule has 0 aromatic carbocycles. The van der Waals surface area contributed by atoms with Gasteiger partial charge in [-0.25, -0.2) is 18.4 Å². The molecule has 0 aliphatic rings. The number of aromatic nitrogens is 2. The zero-order chi connectivity index (χ0) is 15.7. The average Bonchev–Trinajstić information content (AvgIpc) is 2.41. The van der Waals surface area contributed by atoms with Gasteiger partial charge >= 0.3 is 0 Å². The summed E-state index contributed by atoms with van der Waals surface area (Å²) in [7, 11) is -2.99. The van der Waals surface area contributed by atoms with Crippen molar-refractivity contribution in [2.75, 3.05) is 42.3 Å². The van der Waals surface area contributed by atoms with Crippen LogP contribution in [-0.2, 0) is 21.2 Å². The quantitative estimate of drug-likeness (QED) is 0.672. The molecule has 0 aliphatic heterocycles. The molecular weight excluding hydrogens is 292 g/mol. The van der Waals surface area contributed by atoms with Crippen molar-refractivity contribution in [3.05, 3.63) is 11.9 Å². The Kier molecular flexibility index (Phi) is 7.38. The maximum atomic E-state index is 11.1. The lowest BCUT2D eigenvalue weighted by atomic mass is 10.4. The van der Waals surface area contributed by atoms with E-state index in [0.29, 0.717) is 37.2 Å². The van der Waals surface area contributed by atoms with Crippen LogP contribution >= 0.6 is 0 Å². The van der Waals surface area contributed by atoms with Gasteiger partial charge in [-0.05, 0) is 13.3 Å². The molecule has 0 saturated carbocycles. The Labute approximate surface area is 126 Å². The van der Waals surface area contributed by atoms with Gasteiger partial charge in [-0.2, -0.15) is 0 Å². The highest BCUT2D eigenvalue weighted by atomic mass is 32.2. The number of hydrogen-bond acceptors (Lipinski definition) is 7. The zero-order valence-electron chi connectivity index (χ0n) is 12.8. The second kappa shape index (κ2) is 8.78. The monoisotopic (exact) mass is 316 g/mol. The Morgan fingerprint density at radius 3 is 2.29 bits per heavy atom. The molecule has 21 heavy (non-hydrogen) atoms. The Morgan fingerprint density at radius 1 is 1.14 bits per heavy atom. The fraction of sp³-hybridized carbons (Fsp3) is 0.692. The number of hydrogen-bond donors (Lipinski definition) is 2. The van der Waals surface area contributed by atoms with Crippen LogP contribution in [0.15, 0.2) is 6.07 Å². The SMILES string of the molecule is CCCNc1cc(NCCS(C)(=O)=O)nc(COCC)n1. The first-order valence-electron chi connectivity index (χ1n) is 7.05. The van der Waals surface area contributed by atoms with E-state index >= 15 is 0 Å². The van der Waals surface area contributed by atoms with Gasteiger partial charge in [0.25, 0.3) is 0 Å². The Bertz CT molecular complexity index is 508. The van der Waals surface area contributed by atoms with Gasteiger partial charge in [0.1, 0.15) is 28.1 Å². The van der Waals surface area contributed by atoms with Crippen molar-refractivity contribution in [3.63, 3.8) is 0 Å². The highest BCUT2D eigenvalue weighted by molar-refractivity contribution is 7.90. The molecule has 120 valence electrons. The van der Waals surface area contributed by atoms with Gasteiger partial charge in [0.15, 0.2) is 5.82 Å². The summed E-state index contributed by atoms with van der Waals surface area (Å²) < 4.78 is 27.6. The van der Waals surface area contributed by atoms with Crippen molar-refractivity contribution in [2.24, 2.45) is 0 Å². The molecular formula is C13H24N4O3S. The first kappa shape index (κ1) is 17.6. The lowest BCUT2D eigenvalue weighted by Gasteiger charge is -2.11. The van der Waals surface area contributed by atoms with Crippen LogP contribution in [0.2, 0.25) is 0 Å².